The Hall–Kier alpha value is -1.49. The van der Waals surface area contributed by atoms with E-state index in [1.807, 2.05) is 0 Å². The monoisotopic (exact) mass is 236 g/mol. The van der Waals surface area contributed by atoms with Gasteiger partial charge < -0.3 is 15.3 Å². The Morgan fingerprint density at radius 1 is 1.18 bits per heavy atom. The van der Waals surface area contributed by atoms with Gasteiger partial charge in [-0.15, -0.1) is 0 Å². The Labute approximate surface area is 99.8 Å². The lowest BCUT2D eigenvalue weighted by Crippen LogP contribution is -2.19. The van der Waals surface area contributed by atoms with Crippen LogP contribution in [0.25, 0.3) is 6.08 Å². The molecule has 0 bridgehead atoms. The van der Waals surface area contributed by atoms with Gasteiger partial charge in [-0.25, -0.2) is 0 Å². The van der Waals surface area contributed by atoms with Gasteiger partial charge in [0.25, 0.3) is 0 Å². The molecular formula is C13H16O4. The van der Waals surface area contributed by atoms with Gasteiger partial charge in [-0.3, -0.25) is 4.79 Å². The fourth-order valence-corrected chi connectivity index (χ4v) is 1.47. The number of benzene rings is 1. The fourth-order valence-electron chi connectivity index (χ4n) is 1.47. The molecule has 2 atom stereocenters. The molecule has 1 aromatic carbocycles. The normalized spacial score (nSPS) is 14.8. The van der Waals surface area contributed by atoms with Crippen LogP contribution in [0, 0.1) is 0 Å². The van der Waals surface area contributed by atoms with E-state index < -0.39 is 12.2 Å². The van der Waals surface area contributed by atoms with Crippen molar-refractivity contribution in [2.45, 2.75) is 18.6 Å². The summed E-state index contributed by atoms with van der Waals surface area (Å²) in [5.74, 6) is 0. The lowest BCUT2D eigenvalue weighted by atomic mass is 10.0. The summed E-state index contributed by atoms with van der Waals surface area (Å²) in [4.78, 5) is 10.1. The lowest BCUT2D eigenvalue weighted by Gasteiger charge is -2.17. The van der Waals surface area contributed by atoms with E-state index in [0.717, 1.165) is 5.56 Å². The number of hydrogen-bond acceptors (Lipinski definition) is 4. The van der Waals surface area contributed by atoms with E-state index in [-0.39, 0.29) is 13.0 Å². The number of aldehydes is 1. The molecule has 2 unspecified atom stereocenters. The van der Waals surface area contributed by atoms with Gasteiger partial charge in [-0.1, -0.05) is 30.3 Å². The number of carbonyl (C=O) groups is 1. The first-order chi connectivity index (χ1) is 8.19. The molecule has 4 heteroatoms. The molecule has 0 amide bonds. The summed E-state index contributed by atoms with van der Waals surface area (Å²) in [6, 6.07) is 6.83. The summed E-state index contributed by atoms with van der Waals surface area (Å²) in [5, 5.41) is 27.9. The van der Waals surface area contributed by atoms with Gasteiger partial charge in [0.15, 0.2) is 0 Å². The highest BCUT2D eigenvalue weighted by molar-refractivity contribution is 5.73. The summed E-state index contributed by atoms with van der Waals surface area (Å²) in [6.45, 7) is -0.168. The molecule has 1 rings (SSSR count). The first-order valence-corrected chi connectivity index (χ1v) is 5.38. The first-order valence-electron chi connectivity index (χ1n) is 5.38. The van der Waals surface area contributed by atoms with Gasteiger partial charge in [-0.05, 0) is 23.6 Å². The van der Waals surface area contributed by atoms with Gasteiger partial charge in [-0.2, -0.15) is 0 Å². The number of aliphatic hydroxyl groups excluding tert-OH is 3. The molecule has 92 valence electrons. The molecule has 0 radical (unpaired) electrons. The van der Waals surface area contributed by atoms with E-state index in [0.29, 0.717) is 11.8 Å². The van der Waals surface area contributed by atoms with Crippen molar-refractivity contribution < 1.29 is 20.1 Å². The Balaban J connectivity index is 2.72. The number of hydrogen-bond donors (Lipinski definition) is 3. The van der Waals surface area contributed by atoms with Gasteiger partial charge >= 0.3 is 0 Å². The molecule has 0 aliphatic heterocycles. The second kappa shape index (κ2) is 6.96. The van der Waals surface area contributed by atoms with Crippen LogP contribution in [-0.4, -0.2) is 34.3 Å². The Morgan fingerprint density at radius 2 is 1.82 bits per heavy atom. The molecule has 1 aromatic rings. The SMILES string of the molecule is O=C/C=C/c1ccc(C(O)C(O)CCO)cc1. The van der Waals surface area contributed by atoms with Gasteiger partial charge in [0.2, 0.25) is 0 Å². The maximum Gasteiger partial charge on any atom is 0.142 e. The van der Waals surface area contributed by atoms with Crippen LogP contribution in [0.3, 0.4) is 0 Å². The highest BCUT2D eigenvalue weighted by atomic mass is 16.3. The number of carbonyl (C=O) groups excluding carboxylic acids is 1. The van der Waals surface area contributed by atoms with Crippen LogP contribution in [0.2, 0.25) is 0 Å². The molecule has 3 N–H and O–H groups in total. The minimum Gasteiger partial charge on any atom is -0.396 e. The Kier molecular flexibility index (Phi) is 5.56. The maximum atomic E-state index is 10.1. The summed E-state index contributed by atoms with van der Waals surface area (Å²) >= 11 is 0. The van der Waals surface area contributed by atoms with Crippen molar-refractivity contribution in [2.75, 3.05) is 6.61 Å². The quantitative estimate of drug-likeness (QED) is 0.501. The average molecular weight is 236 g/mol. The van der Waals surface area contributed by atoms with Crippen molar-refractivity contribution in [3.05, 3.63) is 41.5 Å². The Morgan fingerprint density at radius 3 is 2.35 bits per heavy atom. The zero-order valence-electron chi connectivity index (χ0n) is 9.36. The molecule has 0 heterocycles. The molecule has 0 saturated carbocycles. The topological polar surface area (TPSA) is 77.8 Å². The molecule has 0 aromatic heterocycles. The zero-order chi connectivity index (χ0) is 12.7. The molecule has 0 fully saturated rings. The van der Waals surface area contributed by atoms with Crippen LogP contribution in [0.1, 0.15) is 23.7 Å². The van der Waals surface area contributed by atoms with Crippen LogP contribution in [-0.2, 0) is 4.79 Å². The van der Waals surface area contributed by atoms with Crippen molar-refractivity contribution >= 4 is 12.4 Å². The Bertz CT molecular complexity index is 370. The molecule has 0 spiro atoms. The van der Waals surface area contributed by atoms with Crippen molar-refractivity contribution in [1.29, 1.82) is 0 Å². The van der Waals surface area contributed by atoms with Crippen molar-refractivity contribution in [3.8, 4) is 0 Å². The third-order valence-corrected chi connectivity index (χ3v) is 2.43. The molecule has 17 heavy (non-hydrogen) atoms. The summed E-state index contributed by atoms with van der Waals surface area (Å²) in [7, 11) is 0. The second-order valence-corrected chi connectivity index (χ2v) is 3.69. The largest absolute Gasteiger partial charge is 0.396 e. The van der Waals surface area contributed by atoms with Gasteiger partial charge in [0, 0.05) is 6.61 Å². The van der Waals surface area contributed by atoms with E-state index >= 15 is 0 Å². The van der Waals surface area contributed by atoms with E-state index in [1.54, 1.807) is 30.3 Å². The third-order valence-electron chi connectivity index (χ3n) is 2.43. The van der Waals surface area contributed by atoms with Gasteiger partial charge in [0.05, 0.1) is 6.10 Å². The summed E-state index contributed by atoms with van der Waals surface area (Å²) in [5.41, 5.74) is 1.42. The maximum absolute atomic E-state index is 10.1. The van der Waals surface area contributed by atoms with Crippen LogP contribution >= 0.6 is 0 Å². The molecule has 0 aliphatic carbocycles. The van der Waals surface area contributed by atoms with E-state index in [4.69, 9.17) is 5.11 Å². The van der Waals surface area contributed by atoms with E-state index in [1.165, 1.54) is 6.08 Å². The van der Waals surface area contributed by atoms with Crippen molar-refractivity contribution in [1.82, 2.24) is 0 Å². The molecular weight excluding hydrogens is 220 g/mol. The average Bonchev–Trinajstić information content (AvgIpc) is 2.36. The third kappa shape index (κ3) is 4.11. The minimum atomic E-state index is -1.01. The van der Waals surface area contributed by atoms with Crippen molar-refractivity contribution in [3.63, 3.8) is 0 Å². The highest BCUT2D eigenvalue weighted by Gasteiger charge is 2.17. The van der Waals surface area contributed by atoms with Crippen LogP contribution in [0.5, 0.6) is 0 Å². The van der Waals surface area contributed by atoms with Crippen LogP contribution < -0.4 is 0 Å². The van der Waals surface area contributed by atoms with E-state index in [2.05, 4.69) is 0 Å². The summed E-state index contributed by atoms with van der Waals surface area (Å²) in [6.07, 6.45) is 1.86. The van der Waals surface area contributed by atoms with Crippen molar-refractivity contribution in [2.24, 2.45) is 0 Å². The standard InChI is InChI=1S/C13H16O4/c14-8-1-2-10-3-5-11(6-4-10)13(17)12(16)7-9-15/h1-6,8,12-13,15-17H,7,9H2/b2-1+. The molecule has 0 saturated heterocycles. The molecule has 4 nitrogen and oxygen atoms in total. The fraction of sp³-hybridized carbons (Fsp3) is 0.308. The predicted octanol–water partition coefficient (Wildman–Crippen LogP) is 0.675. The number of allylic oxidation sites excluding steroid dienone is 1. The highest BCUT2D eigenvalue weighted by Crippen LogP contribution is 2.19. The first kappa shape index (κ1) is 13.6. The lowest BCUT2D eigenvalue weighted by molar-refractivity contribution is -0.104. The van der Waals surface area contributed by atoms with Crippen LogP contribution in [0.15, 0.2) is 30.3 Å². The number of aliphatic hydroxyl groups is 3. The summed E-state index contributed by atoms with van der Waals surface area (Å²) < 4.78 is 0. The second-order valence-electron chi connectivity index (χ2n) is 3.69. The van der Waals surface area contributed by atoms with Gasteiger partial charge in [0.1, 0.15) is 12.4 Å². The smallest absolute Gasteiger partial charge is 0.142 e. The number of rotatable bonds is 6. The predicted molar refractivity (Wildman–Crippen MR) is 64.2 cm³/mol. The minimum absolute atomic E-state index is 0.133. The molecule has 0 aliphatic rings. The van der Waals surface area contributed by atoms with E-state index in [9.17, 15) is 15.0 Å². The van der Waals surface area contributed by atoms with Crippen LogP contribution in [0.4, 0.5) is 0 Å². The zero-order valence-corrected chi connectivity index (χ0v) is 9.36.